The first-order chi connectivity index (χ1) is 12.5. The third-order valence-corrected chi connectivity index (χ3v) is 4.67. The lowest BCUT2D eigenvalue weighted by atomic mass is 9.96. The summed E-state index contributed by atoms with van der Waals surface area (Å²) in [6.45, 7) is 10.2. The van der Waals surface area contributed by atoms with Crippen LogP contribution in [0.15, 0.2) is 36.5 Å². The van der Waals surface area contributed by atoms with Crippen molar-refractivity contribution < 1.29 is 0 Å². The van der Waals surface area contributed by atoms with Crippen molar-refractivity contribution in [1.82, 2.24) is 30.1 Å². The molecule has 1 aliphatic heterocycles. The van der Waals surface area contributed by atoms with Gasteiger partial charge in [0.1, 0.15) is 5.82 Å². The highest BCUT2D eigenvalue weighted by atomic mass is 15.4. The third-order valence-electron chi connectivity index (χ3n) is 4.67. The molecule has 4 rings (SSSR count). The summed E-state index contributed by atoms with van der Waals surface area (Å²) in [5.41, 5.74) is 1.80. The summed E-state index contributed by atoms with van der Waals surface area (Å²) in [5.74, 6) is 2.52. The summed E-state index contributed by atoms with van der Waals surface area (Å²) in [4.78, 5) is 6.64. The average Bonchev–Trinajstić information content (AvgIpc) is 3.01. The van der Waals surface area contributed by atoms with Gasteiger partial charge in [-0.05, 0) is 24.3 Å². The highest BCUT2D eigenvalue weighted by molar-refractivity contribution is 5.47. The molecule has 7 heteroatoms. The monoisotopic (exact) mass is 351 g/mol. The van der Waals surface area contributed by atoms with Gasteiger partial charge < -0.3 is 10.2 Å². The summed E-state index contributed by atoms with van der Waals surface area (Å²) in [6, 6.07) is 10.0. The predicted molar refractivity (Wildman–Crippen MR) is 101 cm³/mol. The molecule has 1 fully saturated rings. The molecule has 4 heterocycles. The van der Waals surface area contributed by atoms with Crippen molar-refractivity contribution in [2.45, 2.75) is 32.7 Å². The van der Waals surface area contributed by atoms with Gasteiger partial charge in [-0.1, -0.05) is 26.8 Å². The smallest absolute Gasteiger partial charge is 0.178 e. The van der Waals surface area contributed by atoms with Gasteiger partial charge in [-0.2, -0.15) is 4.52 Å². The Balaban J connectivity index is 1.35. The number of pyridine rings is 1. The van der Waals surface area contributed by atoms with Crippen LogP contribution in [0.25, 0.3) is 5.65 Å². The van der Waals surface area contributed by atoms with Crippen molar-refractivity contribution in [3.05, 3.63) is 48.0 Å². The van der Waals surface area contributed by atoms with Crippen LogP contribution in [0.2, 0.25) is 0 Å². The fourth-order valence-electron chi connectivity index (χ4n) is 3.21. The molecule has 0 spiro atoms. The lowest BCUT2D eigenvalue weighted by molar-refractivity contribution is 0.380. The fourth-order valence-corrected chi connectivity index (χ4v) is 3.21. The maximum Gasteiger partial charge on any atom is 0.178 e. The molecule has 0 bridgehead atoms. The zero-order chi connectivity index (χ0) is 18.1. The number of aromatic nitrogens is 5. The normalized spacial score (nSPS) is 15.4. The van der Waals surface area contributed by atoms with Gasteiger partial charge in [-0.15, -0.1) is 15.3 Å². The zero-order valence-corrected chi connectivity index (χ0v) is 15.6. The minimum absolute atomic E-state index is 0.0854. The van der Waals surface area contributed by atoms with E-state index in [0.29, 0.717) is 5.92 Å². The molecule has 0 unspecified atom stereocenters. The summed E-state index contributed by atoms with van der Waals surface area (Å²) >= 11 is 0. The first-order valence-corrected chi connectivity index (χ1v) is 9.09. The van der Waals surface area contributed by atoms with Gasteiger partial charge >= 0.3 is 0 Å². The molecule has 0 amide bonds. The second-order valence-corrected chi connectivity index (χ2v) is 7.96. The second kappa shape index (κ2) is 6.64. The first kappa shape index (κ1) is 16.9. The van der Waals surface area contributed by atoms with Crippen LogP contribution in [-0.4, -0.2) is 44.4 Å². The van der Waals surface area contributed by atoms with Gasteiger partial charge in [-0.25, -0.2) is 0 Å². The van der Waals surface area contributed by atoms with Gasteiger partial charge in [-0.3, -0.25) is 4.98 Å². The maximum absolute atomic E-state index is 4.77. The number of rotatable bonds is 5. The number of anilines is 1. The standard InChI is InChI=1S/C19H25N7/c1-19(2,3)18-23-22-16-7-8-17(24-26(16)18)25-12-14(13-25)10-20-11-15-6-4-5-9-21-15/h4-9,14,20H,10-13H2,1-3H3. The second-order valence-electron chi connectivity index (χ2n) is 7.96. The van der Waals surface area contributed by atoms with Crippen LogP contribution in [0.4, 0.5) is 5.82 Å². The third kappa shape index (κ3) is 3.39. The van der Waals surface area contributed by atoms with Crippen LogP contribution in [-0.2, 0) is 12.0 Å². The Hall–Kier alpha value is -2.54. The quantitative estimate of drug-likeness (QED) is 0.758. The molecule has 0 radical (unpaired) electrons. The SMILES string of the molecule is CC(C)(C)c1nnc2ccc(N3CC(CNCc4ccccn4)C3)nn12. The van der Waals surface area contributed by atoms with E-state index in [1.165, 1.54) is 0 Å². The lowest BCUT2D eigenvalue weighted by Crippen LogP contribution is -2.51. The zero-order valence-electron chi connectivity index (χ0n) is 15.6. The van der Waals surface area contributed by atoms with Gasteiger partial charge in [0.2, 0.25) is 0 Å². The van der Waals surface area contributed by atoms with Crippen molar-refractivity contribution in [3.8, 4) is 0 Å². The van der Waals surface area contributed by atoms with Crippen LogP contribution in [0.3, 0.4) is 0 Å². The van der Waals surface area contributed by atoms with Gasteiger partial charge in [0.15, 0.2) is 11.5 Å². The molecular weight excluding hydrogens is 326 g/mol. The van der Waals surface area contributed by atoms with Crippen LogP contribution < -0.4 is 10.2 Å². The average molecular weight is 351 g/mol. The number of hydrogen-bond acceptors (Lipinski definition) is 6. The van der Waals surface area contributed by atoms with Gasteiger partial charge in [0, 0.05) is 43.7 Å². The molecule has 3 aromatic rings. The van der Waals surface area contributed by atoms with Crippen LogP contribution in [0, 0.1) is 5.92 Å². The Bertz CT molecular complexity index is 876. The Kier molecular flexibility index (Phi) is 4.32. The summed E-state index contributed by atoms with van der Waals surface area (Å²) in [7, 11) is 0. The summed E-state index contributed by atoms with van der Waals surface area (Å²) in [5, 5.41) is 16.8. The van der Waals surface area contributed by atoms with Crippen molar-refractivity contribution in [2.75, 3.05) is 24.5 Å². The van der Waals surface area contributed by atoms with Gasteiger partial charge in [0.25, 0.3) is 0 Å². The molecule has 0 saturated carbocycles. The number of hydrogen-bond donors (Lipinski definition) is 1. The van der Waals surface area contributed by atoms with E-state index in [1.54, 1.807) is 0 Å². The Morgan fingerprint density at radius 2 is 1.96 bits per heavy atom. The number of fused-ring (bicyclic) bond motifs is 1. The largest absolute Gasteiger partial charge is 0.354 e. The van der Waals surface area contributed by atoms with E-state index < -0.39 is 0 Å². The van der Waals surface area contributed by atoms with E-state index in [1.807, 2.05) is 41.0 Å². The highest BCUT2D eigenvalue weighted by Crippen LogP contribution is 2.25. The highest BCUT2D eigenvalue weighted by Gasteiger charge is 2.28. The molecule has 0 atom stereocenters. The van der Waals surface area contributed by atoms with E-state index >= 15 is 0 Å². The van der Waals surface area contributed by atoms with E-state index in [0.717, 1.165) is 49.2 Å². The molecule has 1 N–H and O–H groups in total. The molecule has 136 valence electrons. The first-order valence-electron chi connectivity index (χ1n) is 9.09. The molecule has 3 aromatic heterocycles. The van der Waals surface area contributed by atoms with Crippen molar-refractivity contribution >= 4 is 11.5 Å². The van der Waals surface area contributed by atoms with Crippen LogP contribution in [0.5, 0.6) is 0 Å². The Morgan fingerprint density at radius 1 is 1.12 bits per heavy atom. The minimum Gasteiger partial charge on any atom is -0.354 e. The van der Waals surface area contributed by atoms with Crippen molar-refractivity contribution in [3.63, 3.8) is 0 Å². The van der Waals surface area contributed by atoms with Gasteiger partial charge in [0.05, 0.1) is 5.69 Å². The molecule has 1 aliphatic rings. The topological polar surface area (TPSA) is 71.2 Å². The molecular formula is C19H25N7. The van der Waals surface area contributed by atoms with E-state index in [4.69, 9.17) is 5.10 Å². The fraction of sp³-hybridized carbons (Fsp3) is 0.474. The number of nitrogens with one attached hydrogen (secondary N) is 1. The molecule has 1 saturated heterocycles. The maximum atomic E-state index is 4.77. The van der Waals surface area contributed by atoms with E-state index in [9.17, 15) is 0 Å². The van der Waals surface area contributed by atoms with Crippen LogP contribution in [0.1, 0.15) is 32.3 Å². The van der Waals surface area contributed by atoms with E-state index in [-0.39, 0.29) is 5.41 Å². The summed E-state index contributed by atoms with van der Waals surface area (Å²) in [6.07, 6.45) is 1.83. The Labute approximate surface area is 153 Å². The molecule has 7 nitrogen and oxygen atoms in total. The predicted octanol–water partition coefficient (Wildman–Crippen LogP) is 2.04. The molecule has 0 aromatic carbocycles. The lowest BCUT2D eigenvalue weighted by Gasteiger charge is -2.40. The van der Waals surface area contributed by atoms with Crippen LogP contribution >= 0.6 is 0 Å². The number of nitrogens with zero attached hydrogens (tertiary/aromatic N) is 6. The van der Waals surface area contributed by atoms with E-state index in [2.05, 4.69) is 46.2 Å². The molecule has 0 aliphatic carbocycles. The van der Waals surface area contributed by atoms with Crippen molar-refractivity contribution in [2.24, 2.45) is 5.92 Å². The Morgan fingerprint density at radius 3 is 2.69 bits per heavy atom. The summed E-state index contributed by atoms with van der Waals surface area (Å²) < 4.78 is 1.88. The minimum atomic E-state index is -0.0854. The van der Waals surface area contributed by atoms with Crippen molar-refractivity contribution in [1.29, 1.82) is 0 Å². The molecule has 26 heavy (non-hydrogen) atoms.